The summed E-state index contributed by atoms with van der Waals surface area (Å²) in [7, 11) is 0. The molecule has 0 fully saturated rings. The molecule has 0 heterocycles. The van der Waals surface area contributed by atoms with E-state index in [0.717, 1.165) is 11.3 Å². The number of para-hydroxylation sites is 2. The topological polar surface area (TPSA) is 55.1 Å². The van der Waals surface area contributed by atoms with E-state index in [9.17, 15) is 4.79 Å². The minimum Gasteiger partial charge on any atom is -0.397 e. The van der Waals surface area contributed by atoms with Gasteiger partial charge in [-0.05, 0) is 36.8 Å². The van der Waals surface area contributed by atoms with Crippen molar-refractivity contribution in [1.29, 1.82) is 0 Å². The molecule has 0 saturated carbocycles. The van der Waals surface area contributed by atoms with Crippen molar-refractivity contribution >= 4 is 40.6 Å². The average Bonchev–Trinajstić information content (AvgIpc) is 2.48. The first-order chi connectivity index (χ1) is 10.1. The molecule has 5 heteroatoms. The molecular formula is C16H17ClN2OS. The van der Waals surface area contributed by atoms with Crippen molar-refractivity contribution in [3.63, 3.8) is 0 Å². The van der Waals surface area contributed by atoms with Gasteiger partial charge in [-0.1, -0.05) is 35.9 Å². The first-order valence-corrected chi connectivity index (χ1v) is 8.00. The molecule has 0 aliphatic carbocycles. The number of benzene rings is 2. The molecule has 1 atom stereocenters. The van der Waals surface area contributed by atoms with Crippen LogP contribution in [0.15, 0.2) is 48.5 Å². The lowest BCUT2D eigenvalue weighted by Gasteiger charge is -2.13. The number of amides is 1. The van der Waals surface area contributed by atoms with Gasteiger partial charge in [-0.2, -0.15) is 0 Å². The molecule has 0 aromatic heterocycles. The van der Waals surface area contributed by atoms with Crippen molar-refractivity contribution < 1.29 is 4.79 Å². The molecule has 21 heavy (non-hydrogen) atoms. The second-order valence-corrected chi connectivity index (χ2v) is 6.42. The Labute approximate surface area is 133 Å². The minimum absolute atomic E-state index is 0.0492. The molecule has 3 N–H and O–H groups in total. The third kappa shape index (κ3) is 4.69. The van der Waals surface area contributed by atoms with Crippen molar-refractivity contribution in [2.24, 2.45) is 0 Å². The first-order valence-electron chi connectivity index (χ1n) is 6.57. The summed E-state index contributed by atoms with van der Waals surface area (Å²) in [4.78, 5) is 12.1. The highest BCUT2D eigenvalue weighted by molar-refractivity contribution is 7.99. The van der Waals surface area contributed by atoms with Gasteiger partial charge in [0.2, 0.25) is 5.91 Å². The van der Waals surface area contributed by atoms with Crippen molar-refractivity contribution in [3.8, 4) is 0 Å². The van der Waals surface area contributed by atoms with Gasteiger partial charge in [0.25, 0.3) is 0 Å². The van der Waals surface area contributed by atoms with Gasteiger partial charge in [-0.3, -0.25) is 4.79 Å². The molecule has 0 radical (unpaired) electrons. The van der Waals surface area contributed by atoms with Gasteiger partial charge in [-0.15, -0.1) is 11.8 Å². The zero-order chi connectivity index (χ0) is 15.2. The summed E-state index contributed by atoms with van der Waals surface area (Å²) >= 11 is 7.42. The van der Waals surface area contributed by atoms with Crippen LogP contribution in [-0.4, -0.2) is 11.2 Å². The highest BCUT2D eigenvalue weighted by Crippen LogP contribution is 2.22. The Morgan fingerprint density at radius 3 is 2.57 bits per heavy atom. The van der Waals surface area contributed by atoms with Crippen LogP contribution >= 0.6 is 23.4 Å². The Hall–Kier alpha value is -1.65. The summed E-state index contributed by atoms with van der Waals surface area (Å²) in [6.07, 6.45) is 0. The number of nitrogen functional groups attached to an aromatic ring is 1. The lowest BCUT2D eigenvalue weighted by atomic mass is 10.2. The quantitative estimate of drug-likeness (QED) is 0.812. The summed E-state index contributed by atoms with van der Waals surface area (Å²) in [5, 5.41) is 3.40. The van der Waals surface area contributed by atoms with Gasteiger partial charge in [0.1, 0.15) is 0 Å². The van der Waals surface area contributed by atoms with Crippen molar-refractivity contribution in [1.82, 2.24) is 0 Å². The first kappa shape index (κ1) is 15.7. The van der Waals surface area contributed by atoms with E-state index in [2.05, 4.69) is 5.32 Å². The summed E-state index contributed by atoms with van der Waals surface area (Å²) in [6.45, 7) is 1.88. The highest BCUT2D eigenvalue weighted by atomic mass is 35.5. The third-order valence-electron chi connectivity index (χ3n) is 3.00. The lowest BCUT2D eigenvalue weighted by molar-refractivity contribution is -0.115. The van der Waals surface area contributed by atoms with E-state index in [1.807, 2.05) is 43.3 Å². The molecule has 0 spiro atoms. The van der Waals surface area contributed by atoms with Crippen molar-refractivity contribution in [2.45, 2.75) is 17.9 Å². The van der Waals surface area contributed by atoms with Crippen LogP contribution in [0.1, 0.15) is 12.5 Å². The molecule has 110 valence electrons. The average molecular weight is 321 g/mol. The molecule has 1 amide bonds. The number of nitrogens with two attached hydrogens (primary N) is 1. The van der Waals surface area contributed by atoms with Crippen LogP contribution in [0.4, 0.5) is 11.4 Å². The standard InChI is InChI=1S/C16H17ClN2OS/c1-11(21-10-12-6-8-13(17)9-7-12)16(20)19-15-5-3-2-4-14(15)18/h2-9,11H,10,18H2,1H3,(H,19,20). The van der Waals surface area contributed by atoms with Crippen LogP contribution in [0.2, 0.25) is 5.02 Å². The van der Waals surface area contributed by atoms with Gasteiger partial charge in [-0.25, -0.2) is 0 Å². The monoisotopic (exact) mass is 320 g/mol. The molecule has 0 saturated heterocycles. The summed E-state index contributed by atoms with van der Waals surface area (Å²) in [5.41, 5.74) is 8.18. The molecule has 2 rings (SSSR count). The lowest BCUT2D eigenvalue weighted by Crippen LogP contribution is -2.23. The number of hydrogen-bond acceptors (Lipinski definition) is 3. The zero-order valence-corrected chi connectivity index (χ0v) is 13.2. The Bertz CT molecular complexity index is 616. The van der Waals surface area contributed by atoms with E-state index in [1.165, 1.54) is 0 Å². The van der Waals surface area contributed by atoms with Crippen LogP contribution in [0.3, 0.4) is 0 Å². The Morgan fingerprint density at radius 2 is 1.90 bits per heavy atom. The Kier molecular flexibility index (Phi) is 5.53. The number of hydrogen-bond donors (Lipinski definition) is 2. The second-order valence-electron chi connectivity index (χ2n) is 4.66. The van der Waals surface area contributed by atoms with Gasteiger partial charge in [0, 0.05) is 10.8 Å². The summed E-state index contributed by atoms with van der Waals surface area (Å²) in [5.74, 6) is 0.711. The maximum atomic E-state index is 12.1. The van der Waals surface area contributed by atoms with Crippen molar-refractivity contribution in [2.75, 3.05) is 11.1 Å². The molecule has 0 aliphatic rings. The third-order valence-corrected chi connectivity index (χ3v) is 4.47. The Morgan fingerprint density at radius 1 is 1.24 bits per heavy atom. The number of halogens is 1. The number of thioether (sulfide) groups is 1. The van der Waals surface area contributed by atoms with Crippen molar-refractivity contribution in [3.05, 3.63) is 59.1 Å². The molecular weight excluding hydrogens is 304 g/mol. The molecule has 2 aromatic carbocycles. The Balaban J connectivity index is 1.88. The predicted molar refractivity (Wildman–Crippen MR) is 91.7 cm³/mol. The van der Waals surface area contributed by atoms with Crippen LogP contribution in [0.25, 0.3) is 0 Å². The number of rotatable bonds is 5. The maximum absolute atomic E-state index is 12.1. The van der Waals surface area contributed by atoms with E-state index in [-0.39, 0.29) is 11.2 Å². The van der Waals surface area contributed by atoms with Gasteiger partial charge < -0.3 is 11.1 Å². The fourth-order valence-electron chi connectivity index (χ4n) is 1.72. The highest BCUT2D eigenvalue weighted by Gasteiger charge is 2.14. The van der Waals surface area contributed by atoms with E-state index < -0.39 is 0 Å². The fourth-order valence-corrected chi connectivity index (χ4v) is 2.69. The van der Waals surface area contributed by atoms with Crippen LogP contribution in [-0.2, 0) is 10.5 Å². The summed E-state index contributed by atoms with van der Waals surface area (Å²) < 4.78 is 0. The van der Waals surface area contributed by atoms with Crippen LogP contribution < -0.4 is 11.1 Å². The largest absolute Gasteiger partial charge is 0.397 e. The van der Waals surface area contributed by atoms with Gasteiger partial charge in [0.15, 0.2) is 0 Å². The molecule has 1 unspecified atom stereocenters. The van der Waals surface area contributed by atoms with Gasteiger partial charge in [0.05, 0.1) is 16.6 Å². The fraction of sp³-hybridized carbons (Fsp3) is 0.188. The second kappa shape index (κ2) is 7.38. The van der Waals surface area contributed by atoms with Gasteiger partial charge >= 0.3 is 0 Å². The zero-order valence-electron chi connectivity index (χ0n) is 11.7. The number of carbonyl (C=O) groups excluding carboxylic acids is 1. The van der Waals surface area contributed by atoms with Crippen LogP contribution in [0.5, 0.6) is 0 Å². The molecule has 3 nitrogen and oxygen atoms in total. The van der Waals surface area contributed by atoms with E-state index in [0.29, 0.717) is 16.4 Å². The smallest absolute Gasteiger partial charge is 0.237 e. The van der Waals surface area contributed by atoms with E-state index in [4.69, 9.17) is 17.3 Å². The molecule has 0 aliphatic heterocycles. The molecule has 0 bridgehead atoms. The number of anilines is 2. The van der Waals surface area contributed by atoms with E-state index >= 15 is 0 Å². The van der Waals surface area contributed by atoms with E-state index in [1.54, 1.807) is 23.9 Å². The molecule has 2 aromatic rings. The number of carbonyl (C=O) groups is 1. The SMILES string of the molecule is CC(SCc1ccc(Cl)cc1)C(=O)Nc1ccccc1N. The summed E-state index contributed by atoms with van der Waals surface area (Å²) in [6, 6.07) is 14.9. The normalized spacial score (nSPS) is 11.9. The predicted octanol–water partition coefficient (Wildman–Crippen LogP) is 4.18. The van der Waals surface area contributed by atoms with Crippen LogP contribution in [0, 0.1) is 0 Å². The number of nitrogens with one attached hydrogen (secondary N) is 1. The maximum Gasteiger partial charge on any atom is 0.237 e. The minimum atomic E-state index is -0.166.